The van der Waals surface area contributed by atoms with E-state index in [4.69, 9.17) is 5.73 Å². The fraction of sp³-hybridized carbons (Fsp3) is 0.364. The molecule has 0 heterocycles. The number of nitrogens with zero attached hydrogens (tertiary/aromatic N) is 1. The lowest BCUT2D eigenvalue weighted by atomic mass is 10.1. The molecule has 18 heavy (non-hydrogen) atoms. The Kier molecular flexibility index (Phi) is 5.44. The van der Waals surface area contributed by atoms with Gasteiger partial charge in [-0.1, -0.05) is 6.07 Å². The second-order valence-corrected chi connectivity index (χ2v) is 4.43. The molecule has 7 heteroatoms. The molecule has 0 saturated carbocycles. The molecule has 0 aliphatic heterocycles. The largest absolute Gasteiger partial charge is 0.449 e. The van der Waals surface area contributed by atoms with E-state index >= 15 is 0 Å². The van der Waals surface area contributed by atoms with Gasteiger partial charge in [0.1, 0.15) is 0 Å². The van der Waals surface area contributed by atoms with Gasteiger partial charge in [-0.2, -0.15) is 11.8 Å². The Morgan fingerprint density at radius 1 is 1.50 bits per heavy atom. The number of ether oxygens (including phenoxy) is 1. The summed E-state index contributed by atoms with van der Waals surface area (Å²) in [5, 5.41) is 10.7. The Balaban J connectivity index is 2.82. The monoisotopic (exact) mass is 270 g/mol. The van der Waals surface area contributed by atoms with Gasteiger partial charge in [0.05, 0.1) is 11.5 Å². The highest BCUT2D eigenvalue weighted by atomic mass is 32.2. The minimum atomic E-state index is -0.816. The van der Waals surface area contributed by atoms with Crippen LogP contribution in [0.4, 0.5) is 10.5 Å². The normalized spacial score (nSPS) is 10.1. The number of hydrogen-bond donors (Lipinski definition) is 1. The number of carbonyl (C=O) groups is 1. The van der Waals surface area contributed by atoms with Crippen LogP contribution in [0.5, 0.6) is 0 Å². The van der Waals surface area contributed by atoms with E-state index in [1.54, 1.807) is 23.9 Å². The van der Waals surface area contributed by atoms with Gasteiger partial charge in [0, 0.05) is 24.3 Å². The first-order chi connectivity index (χ1) is 8.54. The molecule has 0 radical (unpaired) electrons. The number of carbonyl (C=O) groups excluding carboxylic acids is 1. The van der Waals surface area contributed by atoms with Crippen LogP contribution in [0, 0.1) is 10.1 Å². The number of non-ortho nitro benzene ring substituents is 1. The van der Waals surface area contributed by atoms with Crippen molar-refractivity contribution in [3.63, 3.8) is 0 Å². The Morgan fingerprint density at radius 3 is 2.78 bits per heavy atom. The molecule has 2 N–H and O–H groups in total. The fourth-order valence-electron chi connectivity index (χ4n) is 1.52. The van der Waals surface area contributed by atoms with E-state index < -0.39 is 11.0 Å². The lowest BCUT2D eigenvalue weighted by Crippen LogP contribution is -2.15. The van der Waals surface area contributed by atoms with Gasteiger partial charge in [-0.15, -0.1) is 0 Å². The van der Waals surface area contributed by atoms with Crippen LogP contribution in [0.1, 0.15) is 11.1 Å². The Hall–Kier alpha value is -1.76. The maximum atomic E-state index is 10.7. The first kappa shape index (κ1) is 14.3. The van der Waals surface area contributed by atoms with Crippen LogP contribution in [0.25, 0.3) is 0 Å². The molecular weight excluding hydrogens is 256 g/mol. The van der Waals surface area contributed by atoms with E-state index in [0.717, 1.165) is 11.1 Å². The van der Waals surface area contributed by atoms with E-state index in [0.29, 0.717) is 12.2 Å². The molecule has 6 nitrogen and oxygen atoms in total. The zero-order valence-electron chi connectivity index (χ0n) is 9.92. The third-order valence-corrected chi connectivity index (χ3v) is 2.92. The maximum absolute atomic E-state index is 10.7. The summed E-state index contributed by atoms with van der Waals surface area (Å²) in [6, 6.07) is 4.69. The highest BCUT2D eigenvalue weighted by molar-refractivity contribution is 7.97. The molecule has 0 aliphatic carbocycles. The highest BCUT2D eigenvalue weighted by Gasteiger charge is 2.10. The molecule has 0 aromatic heterocycles. The van der Waals surface area contributed by atoms with E-state index in [1.807, 2.05) is 6.26 Å². The van der Waals surface area contributed by atoms with E-state index in [9.17, 15) is 14.9 Å². The first-order valence-corrected chi connectivity index (χ1v) is 6.61. The molecular formula is C11H14N2O4S. The number of nitro groups is 1. The molecule has 1 aromatic rings. The maximum Gasteiger partial charge on any atom is 0.404 e. The standard InChI is InChI=1S/C11H14N2O4S/c1-18-7-9-6-10(13(15)16)3-2-8(9)4-5-17-11(12)14/h2-3,6H,4-5,7H2,1H3,(H2,12,14). The number of hydrogen-bond acceptors (Lipinski definition) is 5. The molecule has 1 aromatic carbocycles. The van der Waals surface area contributed by atoms with Crippen molar-refractivity contribution in [1.29, 1.82) is 0 Å². The second-order valence-electron chi connectivity index (χ2n) is 3.56. The van der Waals surface area contributed by atoms with E-state index in [1.165, 1.54) is 6.07 Å². The number of primary amides is 1. The molecule has 0 saturated heterocycles. The highest BCUT2D eigenvalue weighted by Crippen LogP contribution is 2.21. The Morgan fingerprint density at radius 2 is 2.22 bits per heavy atom. The predicted octanol–water partition coefficient (Wildman–Crippen LogP) is 2.10. The number of nitro benzene ring substituents is 1. The van der Waals surface area contributed by atoms with Crippen LogP contribution >= 0.6 is 11.8 Å². The number of rotatable bonds is 6. The first-order valence-electron chi connectivity index (χ1n) is 5.22. The summed E-state index contributed by atoms with van der Waals surface area (Å²) >= 11 is 1.57. The van der Waals surface area contributed by atoms with Gasteiger partial charge in [0.2, 0.25) is 0 Å². The SMILES string of the molecule is CSCc1cc([N+](=O)[O-])ccc1CCOC(N)=O. The minimum Gasteiger partial charge on any atom is -0.449 e. The number of thioether (sulfide) groups is 1. The van der Waals surface area contributed by atoms with Crippen molar-refractivity contribution >= 4 is 23.5 Å². The minimum absolute atomic E-state index is 0.0682. The summed E-state index contributed by atoms with van der Waals surface area (Å²) in [4.78, 5) is 20.7. The van der Waals surface area contributed by atoms with Crippen molar-refractivity contribution < 1.29 is 14.5 Å². The predicted molar refractivity (Wildman–Crippen MR) is 69.6 cm³/mol. The van der Waals surface area contributed by atoms with Crippen LogP contribution in [-0.2, 0) is 16.9 Å². The van der Waals surface area contributed by atoms with Gasteiger partial charge in [0.25, 0.3) is 5.69 Å². The van der Waals surface area contributed by atoms with Crippen LogP contribution in [-0.4, -0.2) is 23.9 Å². The van der Waals surface area contributed by atoms with Crippen molar-refractivity contribution in [2.45, 2.75) is 12.2 Å². The third kappa shape index (κ3) is 4.25. The van der Waals surface area contributed by atoms with Crippen molar-refractivity contribution in [2.75, 3.05) is 12.9 Å². The van der Waals surface area contributed by atoms with Gasteiger partial charge in [-0.3, -0.25) is 10.1 Å². The molecule has 1 amide bonds. The molecule has 1 rings (SSSR count). The summed E-state index contributed by atoms with van der Waals surface area (Å²) in [6.07, 6.45) is 1.60. The quantitative estimate of drug-likeness (QED) is 0.630. The van der Waals surface area contributed by atoms with E-state index in [2.05, 4.69) is 4.74 Å². The third-order valence-electron chi connectivity index (χ3n) is 2.32. The Labute approximate surface area is 109 Å². The summed E-state index contributed by atoms with van der Waals surface area (Å²) in [5.41, 5.74) is 6.74. The summed E-state index contributed by atoms with van der Waals surface area (Å²) in [7, 11) is 0. The van der Waals surface area contributed by atoms with Gasteiger partial charge in [0.15, 0.2) is 0 Å². The van der Waals surface area contributed by atoms with Gasteiger partial charge in [-0.25, -0.2) is 4.79 Å². The molecule has 0 bridgehead atoms. The van der Waals surface area contributed by atoms with Crippen LogP contribution < -0.4 is 5.73 Å². The number of amides is 1. The lowest BCUT2D eigenvalue weighted by Gasteiger charge is -2.08. The van der Waals surface area contributed by atoms with E-state index in [-0.39, 0.29) is 12.3 Å². The summed E-state index contributed by atoms with van der Waals surface area (Å²) < 4.78 is 4.65. The molecule has 98 valence electrons. The van der Waals surface area contributed by atoms with Gasteiger partial charge < -0.3 is 10.5 Å². The van der Waals surface area contributed by atoms with Crippen LogP contribution in [0.15, 0.2) is 18.2 Å². The zero-order chi connectivity index (χ0) is 13.5. The Bertz CT molecular complexity index is 451. The number of nitrogens with two attached hydrogens (primary N) is 1. The topological polar surface area (TPSA) is 95.5 Å². The van der Waals surface area contributed by atoms with Crippen molar-refractivity contribution in [1.82, 2.24) is 0 Å². The molecule has 0 aliphatic rings. The van der Waals surface area contributed by atoms with Crippen LogP contribution in [0.2, 0.25) is 0 Å². The molecule has 0 atom stereocenters. The van der Waals surface area contributed by atoms with Crippen LogP contribution in [0.3, 0.4) is 0 Å². The second kappa shape index (κ2) is 6.85. The average molecular weight is 270 g/mol. The zero-order valence-corrected chi connectivity index (χ0v) is 10.7. The fourth-order valence-corrected chi connectivity index (χ4v) is 2.10. The summed E-state index contributed by atoms with van der Waals surface area (Å²) in [5.74, 6) is 0.674. The van der Waals surface area contributed by atoms with Crippen molar-refractivity contribution in [2.24, 2.45) is 5.73 Å². The molecule has 0 spiro atoms. The summed E-state index contributed by atoms with van der Waals surface area (Å²) in [6.45, 7) is 0.175. The van der Waals surface area contributed by atoms with Gasteiger partial charge in [-0.05, 0) is 17.4 Å². The average Bonchev–Trinajstić information content (AvgIpc) is 2.30. The van der Waals surface area contributed by atoms with Gasteiger partial charge >= 0.3 is 6.09 Å². The molecule has 0 unspecified atom stereocenters. The lowest BCUT2D eigenvalue weighted by molar-refractivity contribution is -0.384. The smallest absolute Gasteiger partial charge is 0.404 e. The molecule has 0 fully saturated rings. The van der Waals surface area contributed by atoms with Crippen molar-refractivity contribution in [3.05, 3.63) is 39.4 Å². The number of benzene rings is 1. The van der Waals surface area contributed by atoms with Crippen molar-refractivity contribution in [3.8, 4) is 0 Å².